The molecule has 1 aromatic carbocycles. The number of aryl methyl sites for hydroxylation is 1. The molecule has 2 aromatic heterocycles. The Morgan fingerprint density at radius 1 is 1.12 bits per heavy atom. The molecule has 2 heterocycles. The monoisotopic (exact) mass is 241 g/mol. The molecule has 0 aliphatic heterocycles. The average Bonchev–Trinajstić information content (AvgIpc) is 2.69. The van der Waals surface area contributed by atoms with Gasteiger partial charge in [0.05, 0.1) is 5.39 Å². The Bertz CT molecular complexity index is 674. The SMILES string of the molecule is Cc1c(-c2ccccc2)sc2ncnc(N)c12. The van der Waals surface area contributed by atoms with Crippen LogP contribution in [0.25, 0.3) is 20.7 Å². The topological polar surface area (TPSA) is 51.8 Å². The van der Waals surface area contributed by atoms with E-state index in [1.807, 2.05) is 18.2 Å². The molecule has 0 spiro atoms. The van der Waals surface area contributed by atoms with E-state index in [1.54, 1.807) is 11.3 Å². The summed E-state index contributed by atoms with van der Waals surface area (Å²) in [6.07, 6.45) is 1.52. The van der Waals surface area contributed by atoms with E-state index in [1.165, 1.54) is 16.8 Å². The number of anilines is 1. The number of hydrogen-bond donors (Lipinski definition) is 1. The maximum Gasteiger partial charge on any atom is 0.135 e. The predicted molar refractivity (Wildman–Crippen MR) is 72.0 cm³/mol. The van der Waals surface area contributed by atoms with Crippen LogP contribution in [0.1, 0.15) is 5.56 Å². The zero-order valence-corrected chi connectivity index (χ0v) is 10.2. The molecule has 0 aliphatic carbocycles. The van der Waals surface area contributed by atoms with Crippen LogP contribution in [0.15, 0.2) is 36.7 Å². The van der Waals surface area contributed by atoms with Crippen LogP contribution in [0.5, 0.6) is 0 Å². The van der Waals surface area contributed by atoms with Gasteiger partial charge in [-0.15, -0.1) is 11.3 Å². The van der Waals surface area contributed by atoms with Gasteiger partial charge in [-0.3, -0.25) is 0 Å². The summed E-state index contributed by atoms with van der Waals surface area (Å²) in [5, 5.41) is 0.983. The zero-order chi connectivity index (χ0) is 11.8. The lowest BCUT2D eigenvalue weighted by molar-refractivity contribution is 1.24. The minimum Gasteiger partial charge on any atom is -0.383 e. The third-order valence-electron chi connectivity index (χ3n) is 2.79. The molecule has 0 atom stereocenters. The highest BCUT2D eigenvalue weighted by molar-refractivity contribution is 7.22. The third kappa shape index (κ3) is 1.57. The van der Waals surface area contributed by atoms with E-state index in [-0.39, 0.29) is 0 Å². The molecular weight excluding hydrogens is 230 g/mol. The number of thiophene rings is 1. The second kappa shape index (κ2) is 3.82. The number of nitrogens with zero attached hydrogens (tertiary/aromatic N) is 2. The summed E-state index contributed by atoms with van der Waals surface area (Å²) < 4.78 is 0. The van der Waals surface area contributed by atoms with Crippen LogP contribution in [0.2, 0.25) is 0 Å². The first-order valence-electron chi connectivity index (χ1n) is 5.32. The number of hydrogen-bond acceptors (Lipinski definition) is 4. The van der Waals surface area contributed by atoms with Gasteiger partial charge < -0.3 is 5.73 Å². The first-order valence-corrected chi connectivity index (χ1v) is 6.14. The number of benzene rings is 1. The molecule has 0 bridgehead atoms. The van der Waals surface area contributed by atoms with Gasteiger partial charge >= 0.3 is 0 Å². The zero-order valence-electron chi connectivity index (χ0n) is 9.34. The summed E-state index contributed by atoms with van der Waals surface area (Å²) in [4.78, 5) is 10.5. The number of rotatable bonds is 1. The molecule has 3 rings (SSSR count). The molecule has 84 valence electrons. The predicted octanol–water partition coefficient (Wildman–Crippen LogP) is 3.25. The van der Waals surface area contributed by atoms with Crippen LogP contribution >= 0.6 is 11.3 Å². The van der Waals surface area contributed by atoms with Crippen molar-refractivity contribution >= 4 is 27.4 Å². The molecule has 3 nitrogen and oxygen atoms in total. The molecule has 0 fully saturated rings. The lowest BCUT2D eigenvalue weighted by Crippen LogP contribution is -1.91. The highest BCUT2D eigenvalue weighted by Gasteiger charge is 2.13. The average molecular weight is 241 g/mol. The smallest absolute Gasteiger partial charge is 0.135 e. The maximum atomic E-state index is 5.90. The van der Waals surface area contributed by atoms with Gasteiger partial charge in [-0.25, -0.2) is 9.97 Å². The third-order valence-corrected chi connectivity index (χ3v) is 4.04. The van der Waals surface area contributed by atoms with E-state index in [4.69, 9.17) is 5.73 Å². The van der Waals surface area contributed by atoms with Crippen molar-refractivity contribution in [2.75, 3.05) is 5.73 Å². The van der Waals surface area contributed by atoms with Gasteiger partial charge in [0, 0.05) is 4.88 Å². The Labute approximate surface area is 103 Å². The van der Waals surface area contributed by atoms with E-state index in [0.29, 0.717) is 5.82 Å². The Morgan fingerprint density at radius 2 is 1.88 bits per heavy atom. The summed E-state index contributed by atoms with van der Waals surface area (Å²) in [7, 11) is 0. The first-order chi connectivity index (χ1) is 8.27. The van der Waals surface area contributed by atoms with Crippen LogP contribution in [0.3, 0.4) is 0 Å². The van der Waals surface area contributed by atoms with E-state index >= 15 is 0 Å². The molecule has 0 unspecified atom stereocenters. The lowest BCUT2D eigenvalue weighted by Gasteiger charge is -1.99. The summed E-state index contributed by atoms with van der Waals surface area (Å²) in [5.74, 6) is 0.561. The van der Waals surface area contributed by atoms with Gasteiger partial charge in [0.2, 0.25) is 0 Å². The van der Waals surface area contributed by atoms with Crippen LogP contribution in [-0.4, -0.2) is 9.97 Å². The molecule has 4 heteroatoms. The largest absolute Gasteiger partial charge is 0.383 e. The van der Waals surface area contributed by atoms with Gasteiger partial charge in [-0.2, -0.15) is 0 Å². The normalized spacial score (nSPS) is 10.9. The van der Waals surface area contributed by atoms with Crippen molar-refractivity contribution in [2.45, 2.75) is 6.92 Å². The highest BCUT2D eigenvalue weighted by atomic mass is 32.1. The van der Waals surface area contributed by atoms with Crippen molar-refractivity contribution in [3.05, 3.63) is 42.2 Å². The molecule has 0 saturated carbocycles. The van der Waals surface area contributed by atoms with Crippen LogP contribution in [0, 0.1) is 6.92 Å². The van der Waals surface area contributed by atoms with Gasteiger partial charge in [0.15, 0.2) is 0 Å². The number of fused-ring (bicyclic) bond motifs is 1. The fraction of sp³-hybridized carbons (Fsp3) is 0.0769. The van der Waals surface area contributed by atoms with Crippen molar-refractivity contribution in [1.29, 1.82) is 0 Å². The lowest BCUT2D eigenvalue weighted by atomic mass is 10.1. The van der Waals surface area contributed by atoms with E-state index in [9.17, 15) is 0 Å². The molecule has 0 saturated heterocycles. The summed E-state index contributed by atoms with van der Waals surface area (Å²) in [6, 6.07) is 10.3. The molecule has 3 aromatic rings. The second-order valence-corrected chi connectivity index (χ2v) is 4.86. The molecule has 0 radical (unpaired) electrons. The van der Waals surface area contributed by atoms with Gasteiger partial charge in [-0.05, 0) is 18.1 Å². The summed E-state index contributed by atoms with van der Waals surface area (Å²) in [6.45, 7) is 2.07. The van der Waals surface area contributed by atoms with Crippen molar-refractivity contribution in [3.63, 3.8) is 0 Å². The Balaban J connectivity index is 2.33. The quantitative estimate of drug-likeness (QED) is 0.711. The van der Waals surface area contributed by atoms with Gasteiger partial charge in [0.25, 0.3) is 0 Å². The van der Waals surface area contributed by atoms with E-state index in [2.05, 4.69) is 29.0 Å². The fourth-order valence-corrected chi connectivity index (χ4v) is 3.13. The summed E-state index contributed by atoms with van der Waals surface area (Å²) in [5.41, 5.74) is 8.27. The van der Waals surface area contributed by atoms with Crippen molar-refractivity contribution in [1.82, 2.24) is 9.97 Å². The number of nitrogens with two attached hydrogens (primary N) is 1. The van der Waals surface area contributed by atoms with E-state index in [0.717, 1.165) is 15.8 Å². The molecular formula is C13H11N3S. The minimum atomic E-state index is 0.561. The minimum absolute atomic E-state index is 0.561. The summed E-state index contributed by atoms with van der Waals surface area (Å²) >= 11 is 1.66. The Kier molecular flexibility index (Phi) is 2.30. The second-order valence-electron chi connectivity index (χ2n) is 3.86. The Hall–Kier alpha value is -1.94. The first kappa shape index (κ1) is 10.2. The molecule has 0 aliphatic rings. The highest BCUT2D eigenvalue weighted by Crippen LogP contribution is 2.38. The molecule has 0 amide bonds. The van der Waals surface area contributed by atoms with Gasteiger partial charge in [-0.1, -0.05) is 30.3 Å². The molecule has 17 heavy (non-hydrogen) atoms. The van der Waals surface area contributed by atoms with Crippen LogP contribution in [-0.2, 0) is 0 Å². The van der Waals surface area contributed by atoms with Gasteiger partial charge in [0.1, 0.15) is 17.0 Å². The van der Waals surface area contributed by atoms with Crippen LogP contribution < -0.4 is 5.73 Å². The van der Waals surface area contributed by atoms with Crippen molar-refractivity contribution in [2.24, 2.45) is 0 Å². The van der Waals surface area contributed by atoms with Crippen molar-refractivity contribution in [3.8, 4) is 10.4 Å². The maximum absolute atomic E-state index is 5.90. The Morgan fingerprint density at radius 3 is 2.59 bits per heavy atom. The van der Waals surface area contributed by atoms with Crippen LogP contribution in [0.4, 0.5) is 5.82 Å². The number of nitrogen functional groups attached to an aromatic ring is 1. The van der Waals surface area contributed by atoms with Crippen molar-refractivity contribution < 1.29 is 0 Å². The fourth-order valence-electron chi connectivity index (χ4n) is 1.96. The molecule has 2 N–H and O–H groups in total. The number of aromatic nitrogens is 2. The standard InChI is InChI=1S/C13H11N3S/c1-8-10-12(14)15-7-16-13(10)17-11(8)9-5-3-2-4-6-9/h2-7H,1H3,(H2,14,15,16). The van der Waals surface area contributed by atoms with E-state index < -0.39 is 0 Å².